The molecule has 1 fully saturated rings. The Hall–Kier alpha value is -1.32. The van der Waals surface area contributed by atoms with Crippen molar-refractivity contribution < 1.29 is 0 Å². The quantitative estimate of drug-likeness (QED) is 0.843. The molecule has 0 saturated carbocycles. The summed E-state index contributed by atoms with van der Waals surface area (Å²) in [4.78, 5) is 6.46. The van der Waals surface area contributed by atoms with Gasteiger partial charge in [-0.25, -0.2) is 0 Å². The summed E-state index contributed by atoms with van der Waals surface area (Å²) in [6, 6.07) is 9.42. The number of aromatic amines is 1. The van der Waals surface area contributed by atoms with Crippen molar-refractivity contribution in [3.63, 3.8) is 0 Å². The van der Waals surface area contributed by atoms with E-state index in [9.17, 15) is 0 Å². The van der Waals surface area contributed by atoms with Gasteiger partial charge < -0.3 is 10.7 Å². The lowest BCUT2D eigenvalue weighted by atomic mass is 9.81. The van der Waals surface area contributed by atoms with Crippen LogP contribution >= 0.6 is 0 Å². The Morgan fingerprint density at radius 2 is 2.14 bits per heavy atom. The van der Waals surface area contributed by atoms with Crippen LogP contribution in [0.1, 0.15) is 55.3 Å². The Bertz CT molecular complexity index is 630. The Morgan fingerprint density at radius 1 is 1.24 bits per heavy atom. The third-order valence-corrected chi connectivity index (χ3v) is 5.34. The predicted molar refractivity (Wildman–Crippen MR) is 87.5 cm³/mol. The molecule has 0 aliphatic carbocycles. The molecule has 0 amide bonds. The molecule has 1 unspecified atom stereocenters. The van der Waals surface area contributed by atoms with Gasteiger partial charge in [0, 0.05) is 23.1 Å². The summed E-state index contributed by atoms with van der Waals surface area (Å²) in [7, 11) is 0. The summed E-state index contributed by atoms with van der Waals surface area (Å²) < 4.78 is 0. The molecule has 2 aliphatic heterocycles. The van der Waals surface area contributed by atoms with Gasteiger partial charge in [-0.1, -0.05) is 24.6 Å². The molecule has 3 heteroatoms. The maximum absolute atomic E-state index is 5.68. The summed E-state index contributed by atoms with van der Waals surface area (Å²) in [6.45, 7) is 3.33. The molecule has 1 aromatic heterocycles. The monoisotopic (exact) mass is 283 g/mol. The number of nitrogens with two attached hydrogens (primary N) is 1. The van der Waals surface area contributed by atoms with Gasteiger partial charge in [-0.3, -0.25) is 4.90 Å². The van der Waals surface area contributed by atoms with E-state index in [2.05, 4.69) is 34.1 Å². The van der Waals surface area contributed by atoms with E-state index in [1.165, 1.54) is 55.4 Å². The van der Waals surface area contributed by atoms with Crippen LogP contribution in [0.4, 0.5) is 0 Å². The van der Waals surface area contributed by atoms with E-state index in [0.29, 0.717) is 6.04 Å². The molecular weight excluding hydrogens is 258 g/mol. The lowest BCUT2D eigenvalue weighted by molar-refractivity contribution is 0.119. The fourth-order valence-electron chi connectivity index (χ4n) is 4.40. The molecule has 0 radical (unpaired) electrons. The number of para-hydroxylation sites is 1. The van der Waals surface area contributed by atoms with Crippen molar-refractivity contribution in [2.75, 3.05) is 19.6 Å². The second kappa shape index (κ2) is 5.47. The first-order valence-electron chi connectivity index (χ1n) is 8.43. The number of piperidine rings is 1. The lowest BCUT2D eigenvalue weighted by Crippen LogP contribution is -2.41. The van der Waals surface area contributed by atoms with Gasteiger partial charge in [-0.05, 0) is 56.3 Å². The third-order valence-electron chi connectivity index (χ3n) is 5.34. The zero-order chi connectivity index (χ0) is 14.2. The molecule has 3 N–H and O–H groups in total. The molecule has 112 valence electrons. The van der Waals surface area contributed by atoms with Crippen molar-refractivity contribution in [3.8, 4) is 0 Å². The minimum Gasteiger partial charge on any atom is -0.357 e. The first-order valence-corrected chi connectivity index (χ1v) is 8.43. The average molecular weight is 283 g/mol. The minimum atomic E-state index is 0.579. The highest BCUT2D eigenvalue weighted by Gasteiger charge is 2.37. The normalized spacial score (nSPS) is 27.8. The second-order valence-electron chi connectivity index (χ2n) is 6.63. The Balaban J connectivity index is 1.77. The van der Waals surface area contributed by atoms with Gasteiger partial charge in [-0.2, -0.15) is 0 Å². The summed E-state index contributed by atoms with van der Waals surface area (Å²) in [5, 5.41) is 1.46. The lowest BCUT2D eigenvalue weighted by Gasteiger charge is -2.43. The van der Waals surface area contributed by atoms with E-state index in [-0.39, 0.29) is 0 Å². The van der Waals surface area contributed by atoms with E-state index >= 15 is 0 Å². The fraction of sp³-hybridized carbons (Fsp3) is 0.556. The molecule has 1 saturated heterocycles. The van der Waals surface area contributed by atoms with Crippen LogP contribution in [0.3, 0.4) is 0 Å². The van der Waals surface area contributed by atoms with E-state index in [1.807, 2.05) is 0 Å². The number of aromatic nitrogens is 1. The van der Waals surface area contributed by atoms with E-state index in [4.69, 9.17) is 5.73 Å². The summed E-state index contributed by atoms with van der Waals surface area (Å²) >= 11 is 0. The number of unbranched alkanes of at least 4 members (excludes halogenated alkanes) is 1. The van der Waals surface area contributed by atoms with E-state index in [1.54, 1.807) is 5.56 Å². The van der Waals surface area contributed by atoms with Gasteiger partial charge in [0.2, 0.25) is 0 Å². The van der Waals surface area contributed by atoms with Crippen LogP contribution in [0.25, 0.3) is 10.9 Å². The molecule has 3 nitrogen and oxygen atoms in total. The highest BCUT2D eigenvalue weighted by Crippen LogP contribution is 2.45. The van der Waals surface area contributed by atoms with Crippen LogP contribution in [-0.2, 0) is 0 Å². The average Bonchev–Trinajstić information content (AvgIpc) is 2.90. The SMILES string of the molecule is NCCCC[C@H]1c2[nH]c3ccccc3c2[C@H]2CCCN1C2. The first-order chi connectivity index (χ1) is 10.4. The smallest absolute Gasteiger partial charge is 0.0501 e. The van der Waals surface area contributed by atoms with Crippen molar-refractivity contribution >= 4 is 10.9 Å². The second-order valence-corrected chi connectivity index (χ2v) is 6.63. The van der Waals surface area contributed by atoms with Gasteiger partial charge in [0.25, 0.3) is 0 Å². The van der Waals surface area contributed by atoms with Gasteiger partial charge >= 0.3 is 0 Å². The number of hydrogen-bond donors (Lipinski definition) is 2. The molecule has 2 aromatic rings. The molecular formula is C18H25N3. The molecule has 2 bridgehead atoms. The van der Waals surface area contributed by atoms with Crippen molar-refractivity contribution in [3.05, 3.63) is 35.5 Å². The van der Waals surface area contributed by atoms with Crippen LogP contribution in [0, 0.1) is 0 Å². The number of H-pyrrole nitrogens is 1. The Kier molecular flexibility index (Phi) is 3.48. The van der Waals surface area contributed by atoms with Gasteiger partial charge in [0.05, 0.1) is 6.04 Å². The molecule has 21 heavy (non-hydrogen) atoms. The standard InChI is InChI=1S/C18H25N3/c19-10-4-3-9-16-18-17(13-6-5-11-21(16)12-13)14-7-1-2-8-15(14)20-18/h1-2,7-8,13,16,20H,3-6,9-12,19H2/t13-,16-/m0/s1. The summed E-state index contributed by atoms with van der Waals surface area (Å²) in [6.07, 6.45) is 6.31. The molecule has 1 aromatic carbocycles. The summed E-state index contributed by atoms with van der Waals surface area (Å²) in [5.74, 6) is 0.732. The highest BCUT2D eigenvalue weighted by molar-refractivity contribution is 5.85. The van der Waals surface area contributed by atoms with Crippen LogP contribution in [0.15, 0.2) is 24.3 Å². The highest BCUT2D eigenvalue weighted by atomic mass is 15.2. The zero-order valence-corrected chi connectivity index (χ0v) is 12.6. The number of hydrogen-bond acceptors (Lipinski definition) is 2. The number of fused-ring (bicyclic) bond motifs is 6. The maximum atomic E-state index is 5.68. The first kappa shape index (κ1) is 13.4. The van der Waals surface area contributed by atoms with Crippen LogP contribution in [-0.4, -0.2) is 29.5 Å². The third kappa shape index (κ3) is 2.19. The molecule has 4 rings (SSSR count). The fourth-order valence-corrected chi connectivity index (χ4v) is 4.40. The zero-order valence-electron chi connectivity index (χ0n) is 12.6. The van der Waals surface area contributed by atoms with Crippen LogP contribution in [0.5, 0.6) is 0 Å². The Labute approximate surface area is 126 Å². The molecule has 3 heterocycles. The van der Waals surface area contributed by atoms with Crippen LogP contribution < -0.4 is 5.73 Å². The predicted octanol–water partition coefficient (Wildman–Crippen LogP) is 3.53. The number of rotatable bonds is 4. The minimum absolute atomic E-state index is 0.579. The van der Waals surface area contributed by atoms with Crippen LogP contribution in [0.2, 0.25) is 0 Å². The van der Waals surface area contributed by atoms with E-state index < -0.39 is 0 Å². The van der Waals surface area contributed by atoms with Gasteiger partial charge in [0.15, 0.2) is 0 Å². The number of nitrogens with one attached hydrogen (secondary N) is 1. The Morgan fingerprint density at radius 3 is 3.05 bits per heavy atom. The topological polar surface area (TPSA) is 45.1 Å². The molecule has 3 atom stereocenters. The van der Waals surface area contributed by atoms with E-state index in [0.717, 1.165) is 18.9 Å². The van der Waals surface area contributed by atoms with Crippen molar-refractivity contribution in [1.82, 2.24) is 9.88 Å². The van der Waals surface area contributed by atoms with Crippen molar-refractivity contribution in [2.45, 2.75) is 44.1 Å². The molecule has 0 spiro atoms. The van der Waals surface area contributed by atoms with Crippen molar-refractivity contribution in [1.29, 1.82) is 0 Å². The largest absolute Gasteiger partial charge is 0.357 e. The number of benzene rings is 1. The molecule has 2 aliphatic rings. The number of nitrogens with zero attached hydrogens (tertiary/aromatic N) is 1. The van der Waals surface area contributed by atoms with Gasteiger partial charge in [0.1, 0.15) is 0 Å². The van der Waals surface area contributed by atoms with Gasteiger partial charge in [-0.15, -0.1) is 0 Å². The summed E-state index contributed by atoms with van der Waals surface area (Å²) in [5.41, 5.74) is 10.1. The van der Waals surface area contributed by atoms with Crippen molar-refractivity contribution in [2.24, 2.45) is 5.73 Å². The maximum Gasteiger partial charge on any atom is 0.0501 e.